The first-order chi connectivity index (χ1) is 16.8. The summed E-state index contributed by atoms with van der Waals surface area (Å²) in [4.78, 5) is 14.9. The average molecular weight is 481 g/mol. The number of piperidine rings is 1. The first-order valence-electron chi connectivity index (χ1n) is 11.2. The van der Waals surface area contributed by atoms with Crippen molar-refractivity contribution in [2.24, 2.45) is 5.41 Å². The maximum absolute atomic E-state index is 13.7. The highest BCUT2D eigenvalue weighted by Crippen LogP contribution is 2.39. The predicted octanol–water partition coefficient (Wildman–Crippen LogP) is 5.91. The molecule has 1 fully saturated rings. The van der Waals surface area contributed by atoms with Crippen LogP contribution in [0, 0.1) is 22.6 Å². The van der Waals surface area contributed by atoms with Crippen LogP contribution in [0.5, 0.6) is 0 Å². The number of hydrogen-bond acceptors (Lipinski definition) is 5. The Hall–Kier alpha value is -3.80. The van der Waals surface area contributed by atoms with Crippen molar-refractivity contribution in [3.63, 3.8) is 0 Å². The van der Waals surface area contributed by atoms with Crippen molar-refractivity contribution >= 4 is 5.70 Å². The van der Waals surface area contributed by atoms with Crippen molar-refractivity contribution in [3.8, 4) is 17.5 Å². The van der Waals surface area contributed by atoms with E-state index >= 15 is 0 Å². The van der Waals surface area contributed by atoms with Gasteiger partial charge in [-0.2, -0.15) is 18.4 Å². The van der Waals surface area contributed by atoms with Gasteiger partial charge in [0.25, 0.3) is 0 Å². The molecule has 4 rings (SSSR count). The SMILES string of the molecule is C/C=C(/c1cccnc1-c1ccncn1)N1CCC(C#N)(Cc2ccc(F)c(C(F)(F)F)c2)CC1. The second-order valence-corrected chi connectivity index (χ2v) is 8.54. The molecule has 0 N–H and O–H groups in total. The van der Waals surface area contributed by atoms with Crippen molar-refractivity contribution in [2.75, 3.05) is 13.1 Å². The lowest BCUT2D eigenvalue weighted by Gasteiger charge is -2.40. The fourth-order valence-electron chi connectivity index (χ4n) is 4.55. The third-order valence-corrected chi connectivity index (χ3v) is 6.36. The molecular formula is C26H23F4N5. The molecule has 3 aromatic rings. The summed E-state index contributed by atoms with van der Waals surface area (Å²) in [5.74, 6) is -1.31. The number of nitriles is 1. The number of hydrogen-bond donors (Lipinski definition) is 0. The third kappa shape index (κ3) is 5.16. The van der Waals surface area contributed by atoms with Crippen molar-refractivity contribution in [1.29, 1.82) is 5.26 Å². The summed E-state index contributed by atoms with van der Waals surface area (Å²) < 4.78 is 53.2. The summed E-state index contributed by atoms with van der Waals surface area (Å²) >= 11 is 0. The van der Waals surface area contributed by atoms with Crippen LogP contribution >= 0.6 is 0 Å². The van der Waals surface area contributed by atoms with Crippen LogP contribution < -0.4 is 0 Å². The first-order valence-corrected chi connectivity index (χ1v) is 11.2. The second-order valence-electron chi connectivity index (χ2n) is 8.54. The van der Waals surface area contributed by atoms with Crippen LogP contribution in [-0.4, -0.2) is 32.9 Å². The number of pyridine rings is 1. The Labute approximate surface area is 200 Å². The molecule has 0 bridgehead atoms. The number of benzene rings is 1. The molecule has 3 heterocycles. The summed E-state index contributed by atoms with van der Waals surface area (Å²) in [7, 11) is 0. The number of nitrogens with zero attached hydrogens (tertiary/aromatic N) is 5. The van der Waals surface area contributed by atoms with Gasteiger partial charge in [-0.25, -0.2) is 14.4 Å². The summed E-state index contributed by atoms with van der Waals surface area (Å²) in [6, 6.07) is 10.9. The van der Waals surface area contributed by atoms with Crippen LogP contribution in [0.1, 0.15) is 36.5 Å². The zero-order chi connectivity index (χ0) is 25.1. The summed E-state index contributed by atoms with van der Waals surface area (Å²) in [5, 5.41) is 9.97. The van der Waals surface area contributed by atoms with E-state index in [1.165, 1.54) is 12.4 Å². The lowest BCUT2D eigenvalue weighted by atomic mass is 9.74. The minimum atomic E-state index is -4.78. The summed E-state index contributed by atoms with van der Waals surface area (Å²) in [5.41, 5.74) is 1.41. The van der Waals surface area contributed by atoms with Gasteiger partial charge in [0.15, 0.2) is 0 Å². The number of allylic oxidation sites excluding steroid dienone is 1. The molecule has 35 heavy (non-hydrogen) atoms. The van der Waals surface area contributed by atoms with Crippen LogP contribution in [-0.2, 0) is 12.6 Å². The Morgan fingerprint density at radius 1 is 1.14 bits per heavy atom. The first kappa shape index (κ1) is 24.3. The van der Waals surface area contributed by atoms with E-state index in [1.54, 1.807) is 18.5 Å². The van der Waals surface area contributed by atoms with E-state index in [0.29, 0.717) is 42.9 Å². The molecule has 0 amide bonds. The van der Waals surface area contributed by atoms with Crippen molar-refractivity contribution in [3.05, 3.63) is 83.7 Å². The van der Waals surface area contributed by atoms with Crippen LogP contribution in [0.25, 0.3) is 17.1 Å². The van der Waals surface area contributed by atoms with Crippen LogP contribution in [0.2, 0.25) is 0 Å². The zero-order valence-electron chi connectivity index (χ0n) is 19.1. The Bertz CT molecular complexity index is 1260. The largest absolute Gasteiger partial charge is 0.419 e. The van der Waals surface area contributed by atoms with E-state index in [2.05, 4.69) is 25.9 Å². The number of alkyl halides is 3. The van der Waals surface area contributed by atoms with Crippen LogP contribution in [0.4, 0.5) is 17.6 Å². The molecule has 180 valence electrons. The Kier molecular flexibility index (Phi) is 6.83. The minimum Gasteiger partial charge on any atom is -0.371 e. The fraction of sp³-hybridized carbons (Fsp3) is 0.308. The number of likely N-dealkylation sites (tertiary alicyclic amines) is 1. The monoisotopic (exact) mass is 481 g/mol. The fourth-order valence-corrected chi connectivity index (χ4v) is 4.55. The standard InChI is InChI=1S/C26H23F4N5/c1-2-23(19-4-3-10-33-24(19)22-7-11-32-17-34-22)35-12-8-25(16-31,9-13-35)15-18-5-6-21(27)20(14-18)26(28,29)30/h2-7,10-11,14,17H,8-9,12-13,15H2,1H3/b23-2-. The summed E-state index contributed by atoms with van der Waals surface area (Å²) in [6.07, 6.45) is 3.06. The van der Waals surface area contributed by atoms with E-state index in [4.69, 9.17) is 0 Å². The van der Waals surface area contributed by atoms with Gasteiger partial charge in [0, 0.05) is 36.7 Å². The minimum absolute atomic E-state index is 0.130. The zero-order valence-corrected chi connectivity index (χ0v) is 19.1. The van der Waals surface area contributed by atoms with E-state index in [9.17, 15) is 22.8 Å². The molecule has 2 aromatic heterocycles. The van der Waals surface area contributed by atoms with Crippen molar-refractivity contribution < 1.29 is 17.6 Å². The molecule has 5 nitrogen and oxygen atoms in total. The molecule has 0 saturated carbocycles. The number of rotatable bonds is 5. The van der Waals surface area contributed by atoms with E-state index in [-0.39, 0.29) is 6.42 Å². The maximum Gasteiger partial charge on any atom is 0.419 e. The molecule has 0 unspecified atom stereocenters. The summed E-state index contributed by atoms with van der Waals surface area (Å²) in [6.45, 7) is 3.01. The van der Waals surface area contributed by atoms with Gasteiger partial charge in [0.2, 0.25) is 0 Å². The van der Waals surface area contributed by atoms with Gasteiger partial charge in [0.05, 0.1) is 28.4 Å². The van der Waals surface area contributed by atoms with Gasteiger partial charge >= 0.3 is 6.18 Å². The Morgan fingerprint density at radius 2 is 1.91 bits per heavy atom. The normalized spacial score (nSPS) is 16.1. The molecule has 0 radical (unpaired) electrons. The highest BCUT2D eigenvalue weighted by atomic mass is 19.4. The van der Waals surface area contributed by atoms with Crippen LogP contribution in [0.15, 0.2) is 61.2 Å². The van der Waals surface area contributed by atoms with Gasteiger partial charge < -0.3 is 4.90 Å². The third-order valence-electron chi connectivity index (χ3n) is 6.36. The molecule has 9 heteroatoms. The average Bonchev–Trinajstić information content (AvgIpc) is 2.87. The molecule has 0 aliphatic carbocycles. The molecule has 1 saturated heterocycles. The topological polar surface area (TPSA) is 65.7 Å². The van der Waals surface area contributed by atoms with E-state index in [1.807, 2.05) is 25.1 Å². The van der Waals surface area contributed by atoms with E-state index < -0.39 is 23.0 Å². The quantitative estimate of drug-likeness (QED) is 0.424. The molecular weight excluding hydrogens is 458 g/mol. The van der Waals surface area contributed by atoms with Gasteiger partial charge in [-0.05, 0) is 62.1 Å². The van der Waals surface area contributed by atoms with Crippen LogP contribution in [0.3, 0.4) is 0 Å². The van der Waals surface area contributed by atoms with Gasteiger partial charge in [-0.15, -0.1) is 0 Å². The number of halogens is 4. The smallest absolute Gasteiger partial charge is 0.371 e. The molecule has 0 spiro atoms. The van der Waals surface area contributed by atoms with Crippen molar-refractivity contribution in [1.82, 2.24) is 19.9 Å². The van der Waals surface area contributed by atoms with Gasteiger partial charge in [0.1, 0.15) is 12.1 Å². The maximum atomic E-state index is 13.7. The lowest BCUT2D eigenvalue weighted by Crippen LogP contribution is -2.39. The lowest BCUT2D eigenvalue weighted by molar-refractivity contribution is -0.140. The molecule has 1 aliphatic rings. The predicted molar refractivity (Wildman–Crippen MR) is 123 cm³/mol. The Morgan fingerprint density at radius 3 is 2.54 bits per heavy atom. The Balaban J connectivity index is 1.55. The molecule has 1 aliphatic heterocycles. The van der Waals surface area contributed by atoms with E-state index in [0.717, 1.165) is 23.4 Å². The molecule has 1 aromatic carbocycles. The molecule has 0 atom stereocenters. The van der Waals surface area contributed by atoms with Gasteiger partial charge in [-0.3, -0.25) is 4.98 Å². The van der Waals surface area contributed by atoms with Crippen molar-refractivity contribution in [2.45, 2.75) is 32.4 Å². The highest BCUT2D eigenvalue weighted by Gasteiger charge is 2.38. The number of aromatic nitrogens is 3. The second kappa shape index (κ2) is 9.82. The highest BCUT2D eigenvalue weighted by molar-refractivity contribution is 5.76. The van der Waals surface area contributed by atoms with Gasteiger partial charge in [-0.1, -0.05) is 12.1 Å².